The van der Waals surface area contributed by atoms with Crippen molar-refractivity contribution in [1.82, 2.24) is 0 Å². The third-order valence-electron chi connectivity index (χ3n) is 12.7. The number of aliphatic carboxylic acids is 1. The lowest BCUT2D eigenvalue weighted by Gasteiger charge is -2.62. The second kappa shape index (κ2) is 10.2. The van der Waals surface area contributed by atoms with E-state index in [-0.39, 0.29) is 45.3 Å². The zero-order valence-electron chi connectivity index (χ0n) is 26.0. The van der Waals surface area contributed by atoms with Crippen molar-refractivity contribution >= 4 is 11.9 Å². The normalized spacial score (nSPS) is 40.4. The summed E-state index contributed by atoms with van der Waals surface area (Å²) in [6.07, 6.45) is 7.86. The maximum Gasteiger partial charge on any atom is 0.306 e. The van der Waals surface area contributed by atoms with Gasteiger partial charge in [-0.2, -0.15) is 0 Å². The smallest absolute Gasteiger partial charge is 0.306 e. The molecule has 0 amide bonds. The van der Waals surface area contributed by atoms with Crippen molar-refractivity contribution < 1.29 is 29.3 Å². The molecular formula is C33H54O6. The number of methoxy groups -OCH3 is 1. The summed E-state index contributed by atoms with van der Waals surface area (Å²) in [5.74, 6) is -1.38. The Balaban J connectivity index is 1.66. The van der Waals surface area contributed by atoms with Gasteiger partial charge < -0.3 is 19.7 Å². The van der Waals surface area contributed by atoms with Crippen LogP contribution in [0.2, 0.25) is 0 Å². The topological polar surface area (TPSA) is 93.1 Å². The molecule has 4 aliphatic carbocycles. The monoisotopic (exact) mass is 546 g/mol. The van der Waals surface area contributed by atoms with E-state index in [2.05, 4.69) is 34.6 Å². The molecule has 8 atom stereocenters. The highest BCUT2D eigenvalue weighted by Gasteiger charge is 2.66. The summed E-state index contributed by atoms with van der Waals surface area (Å²) in [5, 5.41) is 22.0. The van der Waals surface area contributed by atoms with E-state index in [1.54, 1.807) is 12.7 Å². The molecule has 0 aromatic heterocycles. The largest absolute Gasteiger partial charge is 0.481 e. The van der Waals surface area contributed by atoms with Crippen LogP contribution in [0.1, 0.15) is 120 Å². The van der Waals surface area contributed by atoms with E-state index in [1.807, 2.05) is 13.8 Å². The predicted molar refractivity (Wildman–Crippen MR) is 152 cm³/mol. The minimum Gasteiger partial charge on any atom is -0.481 e. The first-order chi connectivity index (χ1) is 17.9. The molecule has 39 heavy (non-hydrogen) atoms. The van der Waals surface area contributed by atoms with E-state index in [4.69, 9.17) is 9.47 Å². The standard InChI is InChI=1S/C33H54O6/c1-20(34)39-26-15-17-31(6)22-14-18-32(7)27(21(28(36)37)11-10-16-29(2,3)38-9)24(35)19-33(32,8)23(22)12-13-25(31)30(26,4)5/h21,24-27,35H,10-19H2,1-9H3,(H,36,37)/t21-,24-,25+,26+,27+,31-,32-,33+/m1/s1. The molecule has 6 heteroatoms. The molecule has 2 fully saturated rings. The molecule has 0 aromatic rings. The van der Waals surface area contributed by atoms with Gasteiger partial charge in [0.25, 0.3) is 0 Å². The Labute approximate surface area is 236 Å². The Morgan fingerprint density at radius 1 is 1.05 bits per heavy atom. The molecule has 0 spiro atoms. The van der Waals surface area contributed by atoms with E-state index in [0.717, 1.165) is 51.4 Å². The average molecular weight is 547 g/mol. The second-order valence-corrected chi connectivity index (χ2v) is 15.3. The molecule has 4 aliphatic rings. The molecule has 6 nitrogen and oxygen atoms in total. The van der Waals surface area contributed by atoms with Crippen LogP contribution in [0.25, 0.3) is 0 Å². The number of fused-ring (bicyclic) bond motifs is 4. The van der Waals surface area contributed by atoms with Crippen LogP contribution in [-0.4, -0.2) is 47.1 Å². The molecular weight excluding hydrogens is 492 g/mol. The summed E-state index contributed by atoms with van der Waals surface area (Å²) in [5.41, 5.74) is 2.24. The molecule has 2 N–H and O–H groups in total. The van der Waals surface area contributed by atoms with Crippen LogP contribution in [0, 0.1) is 39.4 Å². The van der Waals surface area contributed by atoms with Crippen LogP contribution in [0.3, 0.4) is 0 Å². The first-order valence-electron chi connectivity index (χ1n) is 15.3. The van der Waals surface area contributed by atoms with Gasteiger partial charge in [-0.05, 0) is 100 Å². The number of hydrogen-bond donors (Lipinski definition) is 2. The third-order valence-corrected chi connectivity index (χ3v) is 12.7. The summed E-state index contributed by atoms with van der Waals surface area (Å²) in [4.78, 5) is 24.5. The number of carbonyl (C=O) groups excluding carboxylic acids is 1. The lowest BCUT2D eigenvalue weighted by atomic mass is 9.43. The van der Waals surface area contributed by atoms with Gasteiger partial charge >= 0.3 is 11.9 Å². The maximum absolute atomic E-state index is 12.7. The molecule has 222 valence electrons. The van der Waals surface area contributed by atoms with Gasteiger partial charge in [-0.3, -0.25) is 9.59 Å². The molecule has 0 aliphatic heterocycles. The van der Waals surface area contributed by atoms with Crippen LogP contribution < -0.4 is 0 Å². The first-order valence-corrected chi connectivity index (χ1v) is 15.3. The summed E-state index contributed by atoms with van der Waals surface area (Å²) < 4.78 is 11.4. The summed E-state index contributed by atoms with van der Waals surface area (Å²) in [7, 11) is 1.70. The van der Waals surface area contributed by atoms with Crippen molar-refractivity contribution in [1.29, 1.82) is 0 Å². The first kappa shape index (κ1) is 30.6. The Bertz CT molecular complexity index is 1010. The molecule has 0 heterocycles. The minimum absolute atomic E-state index is 0.0407. The molecule has 0 bridgehead atoms. The van der Waals surface area contributed by atoms with Crippen molar-refractivity contribution in [3.63, 3.8) is 0 Å². The fraction of sp³-hybridized carbons (Fsp3) is 0.879. The Hall–Kier alpha value is -1.40. The summed E-state index contributed by atoms with van der Waals surface area (Å²) in [6, 6.07) is 0. The van der Waals surface area contributed by atoms with Gasteiger partial charge in [-0.1, -0.05) is 45.8 Å². The highest BCUT2D eigenvalue weighted by atomic mass is 16.5. The van der Waals surface area contributed by atoms with E-state index < -0.39 is 18.0 Å². The van der Waals surface area contributed by atoms with Crippen molar-refractivity contribution in [3.05, 3.63) is 11.1 Å². The number of carbonyl (C=O) groups is 2. The number of ether oxygens (including phenoxy) is 2. The summed E-state index contributed by atoms with van der Waals surface area (Å²) >= 11 is 0. The maximum atomic E-state index is 12.7. The molecule has 0 radical (unpaired) electrons. The summed E-state index contributed by atoms with van der Waals surface area (Å²) in [6.45, 7) is 17.2. The van der Waals surface area contributed by atoms with Crippen LogP contribution in [0.5, 0.6) is 0 Å². The van der Waals surface area contributed by atoms with E-state index >= 15 is 0 Å². The zero-order chi connectivity index (χ0) is 29.2. The highest BCUT2D eigenvalue weighted by Crippen LogP contribution is 2.72. The lowest BCUT2D eigenvalue weighted by Crippen LogP contribution is -2.56. The van der Waals surface area contributed by atoms with Gasteiger partial charge in [-0.15, -0.1) is 0 Å². The van der Waals surface area contributed by atoms with Crippen molar-refractivity contribution in [2.45, 2.75) is 137 Å². The number of rotatable bonds is 8. The van der Waals surface area contributed by atoms with Gasteiger partial charge in [0.1, 0.15) is 6.10 Å². The Kier molecular flexibility index (Phi) is 7.95. The molecule has 0 aromatic carbocycles. The predicted octanol–water partition coefficient (Wildman–Crippen LogP) is 6.93. The van der Waals surface area contributed by atoms with E-state index in [0.29, 0.717) is 18.8 Å². The van der Waals surface area contributed by atoms with Crippen molar-refractivity contribution in [3.8, 4) is 0 Å². The molecule has 0 saturated heterocycles. The van der Waals surface area contributed by atoms with Gasteiger partial charge in [0.05, 0.1) is 17.6 Å². The quantitative estimate of drug-likeness (QED) is 0.253. The van der Waals surface area contributed by atoms with Crippen LogP contribution in [0.15, 0.2) is 11.1 Å². The van der Waals surface area contributed by atoms with Crippen LogP contribution in [-0.2, 0) is 19.1 Å². The van der Waals surface area contributed by atoms with Gasteiger partial charge in [0.15, 0.2) is 0 Å². The third kappa shape index (κ3) is 4.79. The van der Waals surface area contributed by atoms with Gasteiger partial charge in [0, 0.05) is 25.4 Å². The number of aliphatic hydroxyl groups is 1. The van der Waals surface area contributed by atoms with Crippen LogP contribution in [0.4, 0.5) is 0 Å². The molecule has 0 unspecified atom stereocenters. The number of carboxylic acid groups (broad SMARTS) is 1. The minimum atomic E-state index is -0.777. The lowest BCUT2D eigenvalue weighted by molar-refractivity contribution is -0.167. The fourth-order valence-corrected chi connectivity index (χ4v) is 10.2. The Morgan fingerprint density at radius 2 is 1.72 bits per heavy atom. The molecule has 4 rings (SSSR count). The SMILES string of the molecule is COC(C)(C)CCC[C@@H](C(=O)O)[C@H]1[C@H](O)C[C@@]2(C)C3=C(CC[C@]12C)[C@@]1(C)CC[C@H](OC(C)=O)C(C)(C)[C@@H]1CC3. The highest BCUT2D eigenvalue weighted by molar-refractivity contribution is 5.71. The molecule has 2 saturated carbocycles. The number of esters is 1. The van der Waals surface area contributed by atoms with E-state index in [1.165, 1.54) is 12.5 Å². The van der Waals surface area contributed by atoms with Crippen LogP contribution >= 0.6 is 0 Å². The number of aliphatic hydroxyl groups excluding tert-OH is 1. The van der Waals surface area contributed by atoms with Crippen molar-refractivity contribution in [2.24, 2.45) is 39.4 Å². The second-order valence-electron chi connectivity index (χ2n) is 15.3. The Morgan fingerprint density at radius 3 is 2.31 bits per heavy atom. The van der Waals surface area contributed by atoms with Crippen molar-refractivity contribution in [2.75, 3.05) is 7.11 Å². The average Bonchev–Trinajstić information content (AvgIpc) is 3.03. The fourth-order valence-electron chi connectivity index (χ4n) is 10.2. The number of allylic oxidation sites excluding steroid dienone is 2. The zero-order valence-corrected chi connectivity index (χ0v) is 26.0. The number of carboxylic acids is 1. The van der Waals surface area contributed by atoms with Gasteiger partial charge in [0.2, 0.25) is 0 Å². The van der Waals surface area contributed by atoms with E-state index in [9.17, 15) is 19.8 Å². The van der Waals surface area contributed by atoms with Gasteiger partial charge in [-0.25, -0.2) is 0 Å². The number of hydrogen-bond acceptors (Lipinski definition) is 5.